The third-order valence-electron chi connectivity index (χ3n) is 4.38. The molecule has 1 aliphatic carbocycles. The third-order valence-corrected chi connectivity index (χ3v) is 4.38. The van der Waals surface area contributed by atoms with Crippen molar-refractivity contribution < 1.29 is 9.59 Å². The van der Waals surface area contributed by atoms with Crippen molar-refractivity contribution in [1.82, 2.24) is 4.90 Å². The standard InChI is InChI=1S/C15H23NO2/c1-3-11(2)7-6-10-16-14(17)12-8-4-5-9-13(12)15(16)18/h3,12-13H,4-10H2,1-2H3/b11-3+. The molecule has 3 heteroatoms. The molecule has 2 amide bonds. The number of fused-ring (bicyclic) bond motifs is 1. The smallest absolute Gasteiger partial charge is 0.233 e. The van der Waals surface area contributed by atoms with Crippen molar-refractivity contribution in [1.29, 1.82) is 0 Å². The largest absolute Gasteiger partial charge is 0.282 e. The van der Waals surface area contributed by atoms with Crippen LogP contribution in [0.5, 0.6) is 0 Å². The summed E-state index contributed by atoms with van der Waals surface area (Å²) in [6, 6.07) is 0. The molecule has 18 heavy (non-hydrogen) atoms. The maximum absolute atomic E-state index is 12.2. The Bertz CT molecular complexity index is 349. The van der Waals surface area contributed by atoms with Crippen molar-refractivity contribution >= 4 is 11.8 Å². The van der Waals surface area contributed by atoms with Gasteiger partial charge in [-0.1, -0.05) is 24.5 Å². The van der Waals surface area contributed by atoms with Crippen LogP contribution in [0.4, 0.5) is 0 Å². The lowest BCUT2D eigenvalue weighted by molar-refractivity contribution is -0.139. The molecule has 2 unspecified atom stereocenters. The minimum atomic E-state index is 0.00839. The number of amides is 2. The van der Waals surface area contributed by atoms with Crippen LogP contribution in [0, 0.1) is 11.8 Å². The second-order valence-corrected chi connectivity index (χ2v) is 5.56. The quantitative estimate of drug-likeness (QED) is 0.567. The molecule has 2 aliphatic rings. The minimum absolute atomic E-state index is 0.00839. The summed E-state index contributed by atoms with van der Waals surface area (Å²) in [6.45, 7) is 4.72. The lowest BCUT2D eigenvalue weighted by Gasteiger charge is -2.19. The van der Waals surface area contributed by atoms with Gasteiger partial charge in [0.05, 0.1) is 11.8 Å². The molecule has 2 rings (SSSR count). The van der Waals surface area contributed by atoms with Gasteiger partial charge < -0.3 is 0 Å². The molecule has 1 saturated heterocycles. The second-order valence-electron chi connectivity index (χ2n) is 5.56. The summed E-state index contributed by atoms with van der Waals surface area (Å²) in [5.41, 5.74) is 1.33. The van der Waals surface area contributed by atoms with Gasteiger partial charge in [0.25, 0.3) is 0 Å². The van der Waals surface area contributed by atoms with Gasteiger partial charge in [0, 0.05) is 6.54 Å². The fourth-order valence-corrected chi connectivity index (χ4v) is 3.11. The Kier molecular flexibility index (Phi) is 4.20. The summed E-state index contributed by atoms with van der Waals surface area (Å²) >= 11 is 0. The van der Waals surface area contributed by atoms with E-state index in [1.165, 1.54) is 10.5 Å². The van der Waals surface area contributed by atoms with Crippen molar-refractivity contribution in [3.63, 3.8) is 0 Å². The van der Waals surface area contributed by atoms with Crippen LogP contribution < -0.4 is 0 Å². The molecule has 1 saturated carbocycles. The predicted molar refractivity (Wildman–Crippen MR) is 70.8 cm³/mol. The predicted octanol–water partition coefficient (Wildman–Crippen LogP) is 2.91. The molecule has 2 fully saturated rings. The normalized spacial score (nSPS) is 28.8. The Morgan fingerprint density at radius 3 is 2.28 bits per heavy atom. The van der Waals surface area contributed by atoms with Gasteiger partial charge in [-0.2, -0.15) is 0 Å². The molecule has 1 heterocycles. The molecule has 100 valence electrons. The SMILES string of the molecule is C/C=C(\C)CCCN1C(=O)C2CCCCC2C1=O. The topological polar surface area (TPSA) is 37.4 Å². The fourth-order valence-electron chi connectivity index (χ4n) is 3.11. The van der Waals surface area contributed by atoms with Crippen LogP contribution in [0.15, 0.2) is 11.6 Å². The van der Waals surface area contributed by atoms with Crippen LogP contribution >= 0.6 is 0 Å². The Balaban J connectivity index is 1.92. The highest BCUT2D eigenvalue weighted by atomic mass is 16.2. The Morgan fingerprint density at radius 1 is 1.22 bits per heavy atom. The highest BCUT2D eigenvalue weighted by Gasteiger charge is 2.47. The van der Waals surface area contributed by atoms with E-state index in [-0.39, 0.29) is 23.7 Å². The Labute approximate surface area is 109 Å². The molecule has 0 bridgehead atoms. The Hall–Kier alpha value is -1.12. The first kappa shape index (κ1) is 13.3. The Morgan fingerprint density at radius 2 is 1.78 bits per heavy atom. The lowest BCUT2D eigenvalue weighted by atomic mass is 9.81. The number of hydrogen-bond acceptors (Lipinski definition) is 2. The average Bonchev–Trinajstić information content (AvgIpc) is 2.64. The fraction of sp³-hybridized carbons (Fsp3) is 0.733. The van der Waals surface area contributed by atoms with E-state index >= 15 is 0 Å². The minimum Gasteiger partial charge on any atom is -0.282 e. The zero-order chi connectivity index (χ0) is 13.1. The number of rotatable bonds is 4. The number of allylic oxidation sites excluding steroid dienone is 2. The summed E-state index contributed by atoms with van der Waals surface area (Å²) < 4.78 is 0. The van der Waals surface area contributed by atoms with E-state index < -0.39 is 0 Å². The molecule has 0 aromatic carbocycles. The van der Waals surface area contributed by atoms with Gasteiger partial charge in [-0.3, -0.25) is 14.5 Å². The van der Waals surface area contributed by atoms with E-state index in [1.54, 1.807) is 0 Å². The first-order chi connectivity index (χ1) is 8.65. The summed E-state index contributed by atoms with van der Waals surface area (Å²) in [7, 11) is 0. The van der Waals surface area contributed by atoms with Gasteiger partial charge in [-0.15, -0.1) is 0 Å². The summed E-state index contributed by atoms with van der Waals surface area (Å²) in [5.74, 6) is 0.216. The van der Waals surface area contributed by atoms with Crippen molar-refractivity contribution in [2.45, 2.75) is 52.4 Å². The van der Waals surface area contributed by atoms with Crippen LogP contribution in [-0.2, 0) is 9.59 Å². The highest BCUT2D eigenvalue weighted by Crippen LogP contribution is 2.38. The molecule has 0 aromatic rings. The van der Waals surface area contributed by atoms with E-state index in [0.29, 0.717) is 6.54 Å². The van der Waals surface area contributed by atoms with Crippen molar-refractivity contribution in [3.05, 3.63) is 11.6 Å². The van der Waals surface area contributed by atoms with Crippen molar-refractivity contribution in [2.75, 3.05) is 6.54 Å². The lowest BCUT2D eigenvalue weighted by Crippen LogP contribution is -2.32. The number of carbonyl (C=O) groups is 2. The van der Waals surface area contributed by atoms with Crippen LogP contribution in [-0.4, -0.2) is 23.3 Å². The monoisotopic (exact) mass is 249 g/mol. The molecule has 0 spiro atoms. The van der Waals surface area contributed by atoms with E-state index in [9.17, 15) is 9.59 Å². The van der Waals surface area contributed by atoms with E-state index in [0.717, 1.165) is 38.5 Å². The van der Waals surface area contributed by atoms with Gasteiger partial charge in [0.15, 0.2) is 0 Å². The number of imide groups is 1. The van der Waals surface area contributed by atoms with Crippen LogP contribution in [0.2, 0.25) is 0 Å². The maximum Gasteiger partial charge on any atom is 0.233 e. The molecule has 0 aromatic heterocycles. The molecule has 3 nitrogen and oxygen atoms in total. The summed E-state index contributed by atoms with van der Waals surface area (Å²) in [4.78, 5) is 25.9. The van der Waals surface area contributed by atoms with Gasteiger partial charge in [0.2, 0.25) is 11.8 Å². The van der Waals surface area contributed by atoms with Crippen molar-refractivity contribution in [3.8, 4) is 0 Å². The van der Waals surface area contributed by atoms with Crippen LogP contribution in [0.25, 0.3) is 0 Å². The van der Waals surface area contributed by atoms with Crippen molar-refractivity contribution in [2.24, 2.45) is 11.8 Å². The average molecular weight is 249 g/mol. The van der Waals surface area contributed by atoms with Gasteiger partial charge in [-0.05, 0) is 39.5 Å². The van der Waals surface area contributed by atoms with Gasteiger partial charge >= 0.3 is 0 Å². The summed E-state index contributed by atoms with van der Waals surface area (Å²) in [5, 5.41) is 0. The zero-order valence-corrected chi connectivity index (χ0v) is 11.4. The molecule has 0 radical (unpaired) electrons. The molecule has 2 atom stereocenters. The van der Waals surface area contributed by atoms with E-state index in [1.807, 2.05) is 6.92 Å². The second kappa shape index (κ2) is 5.68. The molecular weight excluding hydrogens is 226 g/mol. The number of likely N-dealkylation sites (tertiary alicyclic amines) is 1. The molecule has 0 N–H and O–H groups in total. The maximum atomic E-state index is 12.2. The number of carbonyl (C=O) groups excluding carboxylic acids is 2. The first-order valence-electron chi connectivity index (χ1n) is 7.12. The van der Waals surface area contributed by atoms with Gasteiger partial charge in [-0.25, -0.2) is 0 Å². The van der Waals surface area contributed by atoms with Crippen LogP contribution in [0.3, 0.4) is 0 Å². The molecule has 1 aliphatic heterocycles. The van der Waals surface area contributed by atoms with Gasteiger partial charge in [0.1, 0.15) is 0 Å². The summed E-state index contributed by atoms with van der Waals surface area (Å²) in [6.07, 6.45) is 8.00. The number of nitrogens with zero attached hydrogens (tertiary/aromatic N) is 1. The van der Waals surface area contributed by atoms with E-state index in [2.05, 4.69) is 13.0 Å². The zero-order valence-electron chi connectivity index (χ0n) is 11.4. The third kappa shape index (κ3) is 2.50. The highest BCUT2D eigenvalue weighted by molar-refractivity contribution is 6.05. The first-order valence-corrected chi connectivity index (χ1v) is 7.12. The van der Waals surface area contributed by atoms with Crippen LogP contribution in [0.1, 0.15) is 52.4 Å². The van der Waals surface area contributed by atoms with E-state index in [4.69, 9.17) is 0 Å². The molecular formula is C15H23NO2. The number of hydrogen-bond donors (Lipinski definition) is 0.